The number of pyridine rings is 1. The van der Waals surface area contributed by atoms with E-state index >= 15 is 0 Å². The zero-order valence-corrected chi connectivity index (χ0v) is 9.37. The monoisotopic (exact) mass is 205 g/mol. The molecule has 2 rings (SSSR count). The first-order valence-corrected chi connectivity index (χ1v) is 5.74. The highest BCUT2D eigenvalue weighted by Crippen LogP contribution is 2.12. The molecular formula is C12H19N3. The second kappa shape index (κ2) is 5.12. The normalized spacial score (nSPS) is 17.7. The SMILES string of the molecule is CNc1cccc(CN2CCCCC2)n1. The summed E-state index contributed by atoms with van der Waals surface area (Å²) in [7, 11) is 1.91. The standard InChI is InChI=1S/C12H19N3/c1-13-12-7-5-6-11(14-12)10-15-8-3-2-4-9-15/h5-7H,2-4,8-10H2,1H3,(H,13,14). The number of aromatic nitrogens is 1. The average molecular weight is 205 g/mol. The minimum absolute atomic E-state index is 0.963. The molecule has 1 saturated heterocycles. The van der Waals surface area contributed by atoms with Gasteiger partial charge in [0.15, 0.2) is 0 Å². The molecule has 15 heavy (non-hydrogen) atoms. The maximum absolute atomic E-state index is 4.53. The van der Waals surface area contributed by atoms with Crippen molar-refractivity contribution in [3.8, 4) is 0 Å². The van der Waals surface area contributed by atoms with Gasteiger partial charge in [-0.15, -0.1) is 0 Å². The molecule has 1 aromatic rings. The largest absolute Gasteiger partial charge is 0.373 e. The molecule has 0 bridgehead atoms. The molecule has 1 aromatic heterocycles. The first kappa shape index (κ1) is 10.4. The highest BCUT2D eigenvalue weighted by molar-refractivity contribution is 5.34. The summed E-state index contributed by atoms with van der Waals surface area (Å²) in [6.45, 7) is 3.45. The van der Waals surface area contributed by atoms with Crippen molar-refractivity contribution in [2.45, 2.75) is 25.8 Å². The van der Waals surface area contributed by atoms with Crippen molar-refractivity contribution in [1.82, 2.24) is 9.88 Å². The summed E-state index contributed by atoms with van der Waals surface area (Å²) in [4.78, 5) is 7.02. The number of hydrogen-bond acceptors (Lipinski definition) is 3. The quantitative estimate of drug-likeness (QED) is 0.819. The number of hydrogen-bond donors (Lipinski definition) is 1. The molecule has 1 N–H and O–H groups in total. The maximum atomic E-state index is 4.53. The molecule has 0 radical (unpaired) electrons. The van der Waals surface area contributed by atoms with Gasteiger partial charge in [-0.3, -0.25) is 4.90 Å². The van der Waals surface area contributed by atoms with Gasteiger partial charge in [0.1, 0.15) is 5.82 Å². The van der Waals surface area contributed by atoms with E-state index in [2.05, 4.69) is 27.3 Å². The Kier molecular flexibility index (Phi) is 3.56. The lowest BCUT2D eigenvalue weighted by Gasteiger charge is -2.26. The Hall–Kier alpha value is -1.09. The summed E-state index contributed by atoms with van der Waals surface area (Å²) in [5.41, 5.74) is 1.17. The summed E-state index contributed by atoms with van der Waals surface area (Å²) < 4.78 is 0. The number of rotatable bonds is 3. The minimum atomic E-state index is 0.963. The second-order valence-corrected chi connectivity index (χ2v) is 4.10. The van der Waals surface area contributed by atoms with E-state index in [4.69, 9.17) is 0 Å². The predicted octanol–water partition coefficient (Wildman–Crippen LogP) is 2.11. The molecule has 0 saturated carbocycles. The van der Waals surface area contributed by atoms with Gasteiger partial charge in [0.25, 0.3) is 0 Å². The fraction of sp³-hybridized carbons (Fsp3) is 0.583. The molecule has 82 valence electrons. The van der Waals surface area contributed by atoms with Crippen LogP contribution >= 0.6 is 0 Å². The van der Waals surface area contributed by atoms with Gasteiger partial charge >= 0.3 is 0 Å². The molecular weight excluding hydrogens is 186 g/mol. The van der Waals surface area contributed by atoms with Crippen LogP contribution in [0.15, 0.2) is 18.2 Å². The lowest BCUT2D eigenvalue weighted by molar-refractivity contribution is 0.218. The molecule has 0 amide bonds. The Bertz CT molecular complexity index is 305. The molecule has 0 atom stereocenters. The van der Waals surface area contributed by atoms with E-state index in [9.17, 15) is 0 Å². The van der Waals surface area contributed by atoms with Crippen molar-refractivity contribution < 1.29 is 0 Å². The van der Waals surface area contributed by atoms with Gasteiger partial charge in [-0.05, 0) is 38.1 Å². The van der Waals surface area contributed by atoms with Crippen LogP contribution in [0.2, 0.25) is 0 Å². The summed E-state index contributed by atoms with van der Waals surface area (Å²) in [5.74, 6) is 0.963. The van der Waals surface area contributed by atoms with Crippen molar-refractivity contribution in [2.75, 3.05) is 25.5 Å². The van der Waals surface area contributed by atoms with Gasteiger partial charge in [0.2, 0.25) is 0 Å². The van der Waals surface area contributed by atoms with Crippen LogP contribution in [0.1, 0.15) is 25.0 Å². The highest BCUT2D eigenvalue weighted by atomic mass is 15.1. The van der Waals surface area contributed by atoms with Crippen molar-refractivity contribution in [3.63, 3.8) is 0 Å². The zero-order chi connectivity index (χ0) is 10.5. The van der Waals surface area contributed by atoms with Gasteiger partial charge in [-0.1, -0.05) is 12.5 Å². The van der Waals surface area contributed by atoms with Crippen LogP contribution in [0.5, 0.6) is 0 Å². The predicted molar refractivity (Wildman–Crippen MR) is 62.9 cm³/mol. The topological polar surface area (TPSA) is 28.2 Å². The van der Waals surface area contributed by atoms with Crippen molar-refractivity contribution in [2.24, 2.45) is 0 Å². The molecule has 0 spiro atoms. The van der Waals surface area contributed by atoms with Crippen molar-refractivity contribution >= 4 is 5.82 Å². The maximum Gasteiger partial charge on any atom is 0.126 e. The number of nitrogens with zero attached hydrogens (tertiary/aromatic N) is 2. The highest BCUT2D eigenvalue weighted by Gasteiger charge is 2.10. The molecule has 1 fully saturated rings. The van der Waals surface area contributed by atoms with Gasteiger partial charge in [-0.25, -0.2) is 4.98 Å². The average Bonchev–Trinajstić information content (AvgIpc) is 2.31. The summed E-state index contributed by atoms with van der Waals surface area (Å²) in [5, 5.41) is 3.07. The van der Waals surface area contributed by atoms with Crippen LogP contribution in [0, 0.1) is 0 Å². The molecule has 1 aliphatic heterocycles. The Morgan fingerprint density at radius 3 is 2.80 bits per heavy atom. The molecule has 3 heteroatoms. The van der Waals surface area contributed by atoms with Crippen molar-refractivity contribution in [1.29, 1.82) is 0 Å². The third-order valence-corrected chi connectivity index (χ3v) is 2.90. The first-order chi connectivity index (χ1) is 7.38. The van der Waals surface area contributed by atoms with E-state index in [1.54, 1.807) is 0 Å². The van der Waals surface area contributed by atoms with E-state index in [-0.39, 0.29) is 0 Å². The van der Waals surface area contributed by atoms with Gasteiger partial charge in [0.05, 0.1) is 5.69 Å². The number of anilines is 1. The van der Waals surface area contributed by atoms with E-state index < -0.39 is 0 Å². The van der Waals surface area contributed by atoms with E-state index in [1.807, 2.05) is 13.1 Å². The molecule has 2 heterocycles. The zero-order valence-electron chi connectivity index (χ0n) is 9.37. The van der Waals surface area contributed by atoms with Crippen LogP contribution in [-0.2, 0) is 6.54 Å². The van der Waals surface area contributed by atoms with Gasteiger partial charge < -0.3 is 5.32 Å². The summed E-state index contributed by atoms with van der Waals surface area (Å²) in [6, 6.07) is 6.17. The van der Waals surface area contributed by atoms with Crippen LogP contribution in [0.4, 0.5) is 5.82 Å². The Morgan fingerprint density at radius 1 is 1.27 bits per heavy atom. The molecule has 1 aliphatic rings. The van der Waals surface area contributed by atoms with Crippen LogP contribution in [0.3, 0.4) is 0 Å². The lowest BCUT2D eigenvalue weighted by atomic mass is 10.1. The fourth-order valence-electron chi connectivity index (χ4n) is 2.05. The molecule has 3 nitrogen and oxygen atoms in total. The molecule has 0 aromatic carbocycles. The smallest absolute Gasteiger partial charge is 0.126 e. The van der Waals surface area contributed by atoms with Gasteiger partial charge in [-0.2, -0.15) is 0 Å². The number of likely N-dealkylation sites (tertiary alicyclic amines) is 1. The molecule has 0 aliphatic carbocycles. The van der Waals surface area contributed by atoms with E-state index in [0.717, 1.165) is 12.4 Å². The lowest BCUT2D eigenvalue weighted by Crippen LogP contribution is -2.29. The Balaban J connectivity index is 1.96. The Labute approximate surface area is 91.5 Å². The minimum Gasteiger partial charge on any atom is -0.373 e. The summed E-state index contributed by atoms with van der Waals surface area (Å²) >= 11 is 0. The third kappa shape index (κ3) is 2.93. The first-order valence-electron chi connectivity index (χ1n) is 5.74. The number of piperidine rings is 1. The molecule has 0 unspecified atom stereocenters. The number of nitrogens with one attached hydrogen (secondary N) is 1. The fourth-order valence-corrected chi connectivity index (χ4v) is 2.05. The summed E-state index contributed by atoms with van der Waals surface area (Å²) in [6.07, 6.45) is 4.07. The van der Waals surface area contributed by atoms with Gasteiger partial charge in [0, 0.05) is 13.6 Å². The van der Waals surface area contributed by atoms with Crippen LogP contribution in [-0.4, -0.2) is 30.0 Å². The Morgan fingerprint density at radius 2 is 2.07 bits per heavy atom. The van der Waals surface area contributed by atoms with Crippen molar-refractivity contribution in [3.05, 3.63) is 23.9 Å². The van der Waals surface area contributed by atoms with Crippen LogP contribution in [0.25, 0.3) is 0 Å². The van der Waals surface area contributed by atoms with E-state index in [1.165, 1.54) is 38.0 Å². The third-order valence-electron chi connectivity index (χ3n) is 2.90. The second-order valence-electron chi connectivity index (χ2n) is 4.10. The van der Waals surface area contributed by atoms with Crippen LogP contribution < -0.4 is 5.32 Å². The van der Waals surface area contributed by atoms with E-state index in [0.29, 0.717) is 0 Å².